The van der Waals surface area contributed by atoms with Gasteiger partial charge in [-0.05, 0) is 61.2 Å². The molecule has 0 unspecified atom stereocenters. The lowest BCUT2D eigenvalue weighted by atomic mass is 10.1. The highest BCUT2D eigenvalue weighted by Crippen LogP contribution is 2.22. The maximum atomic E-state index is 12.8. The van der Waals surface area contributed by atoms with Crippen molar-refractivity contribution in [2.24, 2.45) is 0 Å². The molecule has 162 valence electrons. The maximum absolute atomic E-state index is 12.8. The lowest BCUT2D eigenvalue weighted by Gasteiger charge is -2.20. The van der Waals surface area contributed by atoms with E-state index in [1.807, 2.05) is 43.3 Å². The molecule has 1 amide bonds. The van der Waals surface area contributed by atoms with Gasteiger partial charge in [-0.15, -0.1) is 0 Å². The number of anilines is 2. The van der Waals surface area contributed by atoms with Gasteiger partial charge >= 0.3 is 0 Å². The zero-order chi connectivity index (χ0) is 21.6. The molecule has 2 aromatic carbocycles. The fraction of sp³-hybridized carbons (Fsp3) is 0.435. The third-order valence-electron chi connectivity index (χ3n) is 5.43. The number of benzene rings is 2. The van der Waals surface area contributed by atoms with Gasteiger partial charge in [-0.2, -0.15) is 4.31 Å². The molecule has 2 aromatic rings. The summed E-state index contributed by atoms with van der Waals surface area (Å²) in [4.78, 5) is 14.6. The summed E-state index contributed by atoms with van der Waals surface area (Å²) in [6.07, 6.45) is 5.00. The summed E-state index contributed by atoms with van der Waals surface area (Å²) in [7, 11) is 0.516. The first kappa shape index (κ1) is 22.3. The fourth-order valence-corrected chi connectivity index (χ4v) is 5.10. The molecule has 0 radical (unpaired) electrons. The maximum Gasteiger partial charge on any atom is 0.243 e. The van der Waals surface area contributed by atoms with E-state index in [-0.39, 0.29) is 10.8 Å². The molecular formula is C23H31N3O3S. The van der Waals surface area contributed by atoms with Gasteiger partial charge in [0.2, 0.25) is 15.9 Å². The average Bonchev–Trinajstić information content (AvgIpc) is 3.03. The molecule has 3 rings (SSSR count). The third kappa shape index (κ3) is 5.83. The van der Waals surface area contributed by atoms with Gasteiger partial charge in [0.1, 0.15) is 0 Å². The summed E-state index contributed by atoms with van der Waals surface area (Å²) in [5.74, 6) is -0.0881. The van der Waals surface area contributed by atoms with Gasteiger partial charge in [0.25, 0.3) is 0 Å². The van der Waals surface area contributed by atoms with Gasteiger partial charge in [0.05, 0.1) is 4.90 Å². The van der Waals surface area contributed by atoms with Crippen LogP contribution in [0.3, 0.4) is 0 Å². The minimum Gasteiger partial charge on any atom is -0.378 e. The number of hydrogen-bond acceptors (Lipinski definition) is 4. The van der Waals surface area contributed by atoms with Crippen molar-refractivity contribution in [3.05, 3.63) is 54.1 Å². The molecule has 6 nitrogen and oxygen atoms in total. The average molecular weight is 430 g/mol. The van der Waals surface area contributed by atoms with E-state index in [9.17, 15) is 13.2 Å². The molecule has 1 aliphatic heterocycles. The summed E-state index contributed by atoms with van der Waals surface area (Å²) in [6.45, 7) is 1.16. The quantitative estimate of drug-likeness (QED) is 0.725. The van der Waals surface area contributed by atoms with E-state index in [1.54, 1.807) is 28.6 Å². The van der Waals surface area contributed by atoms with Crippen LogP contribution in [0.15, 0.2) is 53.4 Å². The van der Waals surface area contributed by atoms with Crippen LogP contribution >= 0.6 is 0 Å². The van der Waals surface area contributed by atoms with Crippen molar-refractivity contribution in [1.29, 1.82) is 0 Å². The normalized spacial score (nSPS) is 15.4. The number of amides is 1. The molecule has 0 saturated carbocycles. The molecule has 0 aromatic heterocycles. The molecule has 0 spiro atoms. The van der Waals surface area contributed by atoms with Crippen molar-refractivity contribution in [3.63, 3.8) is 0 Å². The first-order valence-corrected chi connectivity index (χ1v) is 12.0. The van der Waals surface area contributed by atoms with Crippen LogP contribution < -0.4 is 10.2 Å². The van der Waals surface area contributed by atoms with Crippen LogP contribution in [0.25, 0.3) is 0 Å². The Balaban J connectivity index is 1.55. The Morgan fingerprint density at radius 3 is 2.10 bits per heavy atom. The highest BCUT2D eigenvalue weighted by molar-refractivity contribution is 7.89. The lowest BCUT2D eigenvalue weighted by molar-refractivity contribution is -0.116. The summed E-state index contributed by atoms with van der Waals surface area (Å²) in [6, 6.07) is 14.6. The Labute approximate surface area is 179 Å². The van der Waals surface area contributed by atoms with E-state index in [2.05, 4.69) is 5.32 Å². The molecule has 0 atom stereocenters. The van der Waals surface area contributed by atoms with Crippen LogP contribution in [0.1, 0.15) is 37.7 Å². The number of hydrogen-bond donors (Lipinski definition) is 1. The molecule has 30 heavy (non-hydrogen) atoms. The number of carbonyl (C=O) groups is 1. The van der Waals surface area contributed by atoms with E-state index in [0.717, 1.165) is 36.9 Å². The number of sulfonamides is 1. The largest absolute Gasteiger partial charge is 0.378 e. The summed E-state index contributed by atoms with van der Waals surface area (Å²) in [5, 5.41) is 2.85. The van der Waals surface area contributed by atoms with Crippen LogP contribution in [0.5, 0.6) is 0 Å². The number of nitrogens with zero attached hydrogens (tertiary/aromatic N) is 2. The highest BCUT2D eigenvalue weighted by Gasteiger charge is 2.24. The number of rotatable bonds is 7. The first-order valence-electron chi connectivity index (χ1n) is 10.5. The Hall–Kier alpha value is -2.38. The number of nitrogens with one attached hydrogen (secondary N) is 1. The Morgan fingerprint density at radius 2 is 1.53 bits per heavy atom. The zero-order valence-electron chi connectivity index (χ0n) is 17.8. The van der Waals surface area contributed by atoms with Crippen molar-refractivity contribution in [2.45, 2.75) is 43.4 Å². The Bertz CT molecular complexity index is 931. The van der Waals surface area contributed by atoms with E-state index >= 15 is 0 Å². The lowest BCUT2D eigenvalue weighted by Crippen LogP contribution is -2.31. The molecule has 1 aliphatic rings. The van der Waals surface area contributed by atoms with Crippen LogP contribution in [-0.4, -0.2) is 45.8 Å². The van der Waals surface area contributed by atoms with Crippen LogP contribution in [0, 0.1) is 0 Å². The van der Waals surface area contributed by atoms with Crippen LogP contribution in [-0.2, 0) is 21.2 Å². The molecule has 0 bridgehead atoms. The standard InChI is InChI=1S/C23H31N3O3S/c1-25(2)21-12-7-19(8-13-21)9-16-23(27)24-20-10-14-22(15-11-20)30(28,29)26-17-5-3-4-6-18-26/h7-8,10-15H,3-6,9,16-18H2,1-2H3,(H,24,27). The van der Waals surface area contributed by atoms with Gasteiger partial charge in [-0.25, -0.2) is 8.42 Å². The van der Waals surface area contributed by atoms with Gasteiger partial charge < -0.3 is 10.2 Å². The molecule has 1 saturated heterocycles. The highest BCUT2D eigenvalue weighted by atomic mass is 32.2. The molecule has 1 fully saturated rings. The summed E-state index contributed by atoms with van der Waals surface area (Å²) >= 11 is 0. The predicted octanol–water partition coefficient (Wildman–Crippen LogP) is 3.89. The van der Waals surface area contributed by atoms with Crippen molar-refractivity contribution in [1.82, 2.24) is 4.31 Å². The molecule has 0 aliphatic carbocycles. The van der Waals surface area contributed by atoms with Gasteiger partial charge in [-0.3, -0.25) is 4.79 Å². The summed E-state index contributed by atoms with van der Waals surface area (Å²) < 4.78 is 27.2. The van der Waals surface area contributed by atoms with E-state index < -0.39 is 10.0 Å². The smallest absolute Gasteiger partial charge is 0.243 e. The second-order valence-corrected chi connectivity index (χ2v) is 9.89. The first-order chi connectivity index (χ1) is 14.4. The van der Waals surface area contributed by atoms with Crippen LogP contribution in [0.4, 0.5) is 11.4 Å². The summed E-state index contributed by atoms with van der Waals surface area (Å²) in [5.41, 5.74) is 2.84. The second kappa shape index (κ2) is 10.1. The second-order valence-electron chi connectivity index (χ2n) is 7.95. The minimum atomic E-state index is -3.47. The monoisotopic (exact) mass is 429 g/mol. The van der Waals surface area contributed by atoms with Gasteiger partial charge in [0, 0.05) is 45.0 Å². The predicted molar refractivity (Wildman–Crippen MR) is 121 cm³/mol. The van der Waals surface area contributed by atoms with E-state index in [0.29, 0.717) is 31.6 Å². The van der Waals surface area contributed by atoms with Crippen LogP contribution in [0.2, 0.25) is 0 Å². The molecule has 1 N–H and O–H groups in total. The van der Waals surface area contributed by atoms with Crippen molar-refractivity contribution in [3.8, 4) is 0 Å². The van der Waals surface area contributed by atoms with Crippen molar-refractivity contribution >= 4 is 27.3 Å². The van der Waals surface area contributed by atoms with Gasteiger partial charge in [0.15, 0.2) is 0 Å². The van der Waals surface area contributed by atoms with E-state index in [1.165, 1.54) is 0 Å². The third-order valence-corrected chi connectivity index (χ3v) is 7.35. The molecule has 1 heterocycles. The van der Waals surface area contributed by atoms with Crippen molar-refractivity contribution in [2.75, 3.05) is 37.4 Å². The van der Waals surface area contributed by atoms with Gasteiger partial charge in [-0.1, -0.05) is 25.0 Å². The zero-order valence-corrected chi connectivity index (χ0v) is 18.6. The van der Waals surface area contributed by atoms with E-state index in [4.69, 9.17) is 0 Å². The minimum absolute atomic E-state index is 0.0881. The SMILES string of the molecule is CN(C)c1ccc(CCC(=O)Nc2ccc(S(=O)(=O)N3CCCCCC3)cc2)cc1. The topological polar surface area (TPSA) is 69.7 Å². The Morgan fingerprint density at radius 1 is 0.933 bits per heavy atom. The molecule has 7 heteroatoms. The fourth-order valence-electron chi connectivity index (χ4n) is 3.58. The van der Waals surface area contributed by atoms with Crippen molar-refractivity contribution < 1.29 is 13.2 Å². The number of aryl methyl sites for hydroxylation is 1. The number of carbonyl (C=O) groups excluding carboxylic acids is 1. The molecular weight excluding hydrogens is 398 g/mol. The Kier molecular flexibility index (Phi) is 7.50.